The Morgan fingerprint density at radius 2 is 1.42 bits per heavy atom. The fourth-order valence-corrected chi connectivity index (χ4v) is 5.38. The minimum atomic E-state index is -4.52. The second-order valence-electron chi connectivity index (χ2n) is 10.6. The zero-order valence-corrected chi connectivity index (χ0v) is 23.6. The third-order valence-corrected chi connectivity index (χ3v) is 7.48. The molecule has 1 amide bonds. The Bertz CT molecular complexity index is 1440. The number of piperazine rings is 1. The van der Waals surface area contributed by atoms with Crippen LogP contribution < -0.4 is 10.1 Å². The third kappa shape index (κ3) is 8.01. The van der Waals surface area contributed by atoms with Crippen LogP contribution in [0.1, 0.15) is 33.1 Å². The minimum Gasteiger partial charge on any atom is -0.490 e. The van der Waals surface area contributed by atoms with Gasteiger partial charge in [-0.05, 0) is 41.5 Å². The zero-order chi connectivity index (χ0) is 30.2. The molecule has 224 valence electrons. The molecule has 1 atom stereocenters. The minimum absolute atomic E-state index is 0.0237. The number of amides is 1. The van der Waals surface area contributed by atoms with Crippen molar-refractivity contribution in [1.29, 1.82) is 0 Å². The molecule has 1 aliphatic heterocycles. The highest BCUT2D eigenvalue weighted by atomic mass is 19.4. The quantitative estimate of drug-likeness (QED) is 0.234. The number of nitrogens with zero attached hydrogens (tertiary/aromatic N) is 2. The van der Waals surface area contributed by atoms with E-state index in [1.165, 1.54) is 29.3 Å². The van der Waals surface area contributed by atoms with E-state index >= 15 is 0 Å². The molecule has 9 heteroatoms. The van der Waals surface area contributed by atoms with Gasteiger partial charge < -0.3 is 15.2 Å². The number of hydrogen-bond donors (Lipinski definition) is 2. The Hall–Kier alpha value is -4.18. The Balaban J connectivity index is 1.15. The number of benzene rings is 4. The average molecular weight is 590 g/mol. The molecule has 43 heavy (non-hydrogen) atoms. The summed E-state index contributed by atoms with van der Waals surface area (Å²) in [5.74, 6) is -0.365. The first-order valence-corrected chi connectivity index (χ1v) is 14.2. The zero-order valence-electron chi connectivity index (χ0n) is 23.6. The van der Waals surface area contributed by atoms with Gasteiger partial charge in [0.05, 0.1) is 17.2 Å². The summed E-state index contributed by atoms with van der Waals surface area (Å²) in [5.41, 5.74) is 1.82. The maximum Gasteiger partial charge on any atom is 0.416 e. The van der Waals surface area contributed by atoms with Gasteiger partial charge in [-0.15, -0.1) is 0 Å². The lowest BCUT2D eigenvalue weighted by atomic mass is 9.96. The molecule has 0 bridgehead atoms. The molecule has 1 unspecified atom stereocenters. The van der Waals surface area contributed by atoms with Crippen molar-refractivity contribution in [1.82, 2.24) is 9.80 Å². The van der Waals surface area contributed by atoms with Crippen LogP contribution in [0.4, 0.5) is 18.9 Å². The van der Waals surface area contributed by atoms with Gasteiger partial charge in [-0.3, -0.25) is 14.6 Å². The van der Waals surface area contributed by atoms with Gasteiger partial charge in [0.15, 0.2) is 0 Å². The number of alkyl halides is 3. The molecule has 1 aliphatic rings. The maximum absolute atomic E-state index is 13.1. The van der Waals surface area contributed by atoms with Crippen LogP contribution in [-0.2, 0) is 6.18 Å². The van der Waals surface area contributed by atoms with Crippen molar-refractivity contribution in [3.8, 4) is 5.75 Å². The second kappa shape index (κ2) is 13.9. The van der Waals surface area contributed by atoms with E-state index in [1.807, 2.05) is 12.1 Å². The lowest BCUT2D eigenvalue weighted by Gasteiger charge is -2.40. The number of rotatable bonds is 10. The van der Waals surface area contributed by atoms with Crippen LogP contribution in [0.15, 0.2) is 109 Å². The summed E-state index contributed by atoms with van der Waals surface area (Å²) in [4.78, 5) is 17.6. The molecule has 0 radical (unpaired) electrons. The van der Waals surface area contributed by atoms with Crippen LogP contribution in [0.25, 0.3) is 0 Å². The molecule has 5 rings (SSSR count). The number of aliphatic hydroxyl groups excluding tert-OH is 1. The number of aliphatic hydroxyl groups is 1. The molecule has 0 saturated carbocycles. The molecule has 6 nitrogen and oxygen atoms in total. The van der Waals surface area contributed by atoms with Gasteiger partial charge in [0, 0.05) is 38.4 Å². The number of halogens is 3. The van der Waals surface area contributed by atoms with Crippen LogP contribution in [0.3, 0.4) is 0 Å². The van der Waals surface area contributed by atoms with Crippen LogP contribution in [-0.4, -0.2) is 66.2 Å². The van der Waals surface area contributed by atoms with Crippen molar-refractivity contribution < 1.29 is 27.8 Å². The Kier molecular flexibility index (Phi) is 9.76. The predicted molar refractivity (Wildman–Crippen MR) is 160 cm³/mol. The standard InChI is InChI=1S/C34H34F3N3O3/c35-34(36,37)27-14-9-15-28(22-27)38-33(42)30-16-7-8-17-31(30)43-24-29(41)23-39-18-20-40(21-19-39)32(25-10-3-1-4-11-25)26-12-5-2-6-13-26/h1-17,22,29,32,41H,18-21,23-24H2,(H,38,42). The van der Waals surface area contributed by atoms with E-state index in [-0.39, 0.29) is 29.6 Å². The normalized spacial score (nSPS) is 15.3. The first-order valence-electron chi connectivity index (χ1n) is 14.2. The molecule has 2 N–H and O–H groups in total. The summed E-state index contributed by atoms with van der Waals surface area (Å²) >= 11 is 0. The Labute approximate surface area is 249 Å². The summed E-state index contributed by atoms with van der Waals surface area (Å²) in [7, 11) is 0. The number of β-amino-alcohol motifs (C(OH)–C–C–N with tert-alkyl or cyclic N) is 1. The van der Waals surface area contributed by atoms with Gasteiger partial charge in [0.25, 0.3) is 5.91 Å². The van der Waals surface area contributed by atoms with Crippen molar-refractivity contribution in [3.05, 3.63) is 131 Å². The molecular weight excluding hydrogens is 555 g/mol. The highest BCUT2D eigenvalue weighted by molar-refractivity contribution is 6.06. The van der Waals surface area contributed by atoms with Crippen molar-refractivity contribution in [2.75, 3.05) is 44.6 Å². The van der Waals surface area contributed by atoms with Crippen LogP contribution in [0.5, 0.6) is 5.75 Å². The molecule has 1 saturated heterocycles. The van der Waals surface area contributed by atoms with Crippen LogP contribution in [0, 0.1) is 0 Å². The summed E-state index contributed by atoms with van der Waals surface area (Å²) < 4.78 is 45.0. The van der Waals surface area contributed by atoms with Crippen molar-refractivity contribution in [3.63, 3.8) is 0 Å². The molecule has 0 spiro atoms. The van der Waals surface area contributed by atoms with Gasteiger partial charge >= 0.3 is 6.18 Å². The molecule has 4 aromatic rings. The third-order valence-electron chi connectivity index (χ3n) is 7.48. The summed E-state index contributed by atoms with van der Waals surface area (Å²) in [6, 6.07) is 32.0. The van der Waals surface area contributed by atoms with Gasteiger partial charge in [-0.1, -0.05) is 78.9 Å². The van der Waals surface area contributed by atoms with Crippen molar-refractivity contribution >= 4 is 11.6 Å². The van der Waals surface area contributed by atoms with E-state index < -0.39 is 23.8 Å². The molecule has 0 aromatic heterocycles. The van der Waals surface area contributed by atoms with Crippen molar-refractivity contribution in [2.24, 2.45) is 0 Å². The monoisotopic (exact) mass is 589 g/mol. The van der Waals surface area contributed by atoms with Crippen molar-refractivity contribution in [2.45, 2.75) is 18.3 Å². The van der Waals surface area contributed by atoms with E-state index in [0.717, 1.165) is 38.3 Å². The topological polar surface area (TPSA) is 65.0 Å². The molecule has 0 aliphatic carbocycles. The Morgan fingerprint density at radius 1 is 0.814 bits per heavy atom. The summed E-state index contributed by atoms with van der Waals surface area (Å²) in [6.07, 6.45) is -5.32. The Morgan fingerprint density at radius 3 is 2.05 bits per heavy atom. The largest absolute Gasteiger partial charge is 0.490 e. The number of carbonyl (C=O) groups excluding carboxylic acids is 1. The van der Waals surface area contributed by atoms with E-state index in [1.54, 1.807) is 18.2 Å². The number of carbonyl (C=O) groups is 1. The van der Waals surface area contributed by atoms with E-state index in [4.69, 9.17) is 4.74 Å². The number of ether oxygens (including phenoxy) is 1. The fourth-order valence-electron chi connectivity index (χ4n) is 5.38. The van der Waals surface area contributed by atoms with Crippen LogP contribution in [0.2, 0.25) is 0 Å². The molecular formula is C34H34F3N3O3. The summed E-state index contributed by atoms with van der Waals surface area (Å²) in [6.45, 7) is 3.60. The van der Waals surface area contributed by atoms with E-state index in [0.29, 0.717) is 6.54 Å². The predicted octanol–water partition coefficient (Wildman–Crippen LogP) is 6.10. The van der Waals surface area contributed by atoms with Gasteiger partial charge in [0.2, 0.25) is 0 Å². The number of anilines is 1. The first-order chi connectivity index (χ1) is 20.8. The SMILES string of the molecule is O=C(Nc1cccc(C(F)(F)F)c1)c1ccccc1OCC(O)CN1CCN(C(c2ccccc2)c2ccccc2)CC1. The van der Waals surface area contributed by atoms with Gasteiger partial charge in [-0.2, -0.15) is 13.2 Å². The fraction of sp³-hybridized carbons (Fsp3) is 0.265. The number of hydrogen-bond acceptors (Lipinski definition) is 5. The summed E-state index contributed by atoms with van der Waals surface area (Å²) in [5, 5.41) is 13.3. The highest BCUT2D eigenvalue weighted by Crippen LogP contribution is 2.31. The highest BCUT2D eigenvalue weighted by Gasteiger charge is 2.31. The van der Waals surface area contributed by atoms with E-state index in [9.17, 15) is 23.1 Å². The van der Waals surface area contributed by atoms with E-state index in [2.05, 4.69) is 63.6 Å². The lowest BCUT2D eigenvalue weighted by molar-refractivity contribution is -0.137. The number of para-hydroxylation sites is 1. The second-order valence-corrected chi connectivity index (χ2v) is 10.6. The molecule has 1 fully saturated rings. The number of nitrogens with one attached hydrogen (secondary N) is 1. The van der Waals surface area contributed by atoms with Crippen LogP contribution >= 0.6 is 0 Å². The molecule has 4 aromatic carbocycles. The average Bonchev–Trinajstić information content (AvgIpc) is 3.02. The lowest BCUT2D eigenvalue weighted by Crippen LogP contribution is -2.50. The van der Waals surface area contributed by atoms with Gasteiger partial charge in [0.1, 0.15) is 18.5 Å². The van der Waals surface area contributed by atoms with Gasteiger partial charge in [-0.25, -0.2) is 0 Å². The smallest absolute Gasteiger partial charge is 0.416 e. The molecule has 1 heterocycles. The first kappa shape index (κ1) is 30.3. The maximum atomic E-state index is 13.1.